The summed E-state index contributed by atoms with van der Waals surface area (Å²) in [6.45, 7) is 2.84. The number of amidine groups is 1. The molecule has 0 unspecified atom stereocenters. The second kappa shape index (κ2) is 6.44. The van der Waals surface area contributed by atoms with Crippen molar-refractivity contribution in [1.29, 1.82) is 5.26 Å². The predicted molar refractivity (Wildman–Crippen MR) is 59.1 cm³/mol. The molecule has 4 heteroatoms. The van der Waals surface area contributed by atoms with Crippen LogP contribution in [0.25, 0.3) is 6.08 Å². The quantitative estimate of drug-likeness (QED) is 0.463. The van der Waals surface area contributed by atoms with E-state index in [1.807, 2.05) is 13.0 Å². The Morgan fingerprint density at radius 1 is 1.73 bits per heavy atom. The van der Waals surface area contributed by atoms with E-state index in [9.17, 15) is 0 Å². The maximum Gasteiger partial charge on any atom is 0.207 e. The standard InChI is InChI=1S/C11H13N3O/c1-2-7-13-11(14-9-12)6-5-10-4-3-8-15-10/h3-6,8H,2,7H2,1H3,(H,13,14)/b6-5+. The second-order valence-corrected chi connectivity index (χ2v) is 2.87. The zero-order valence-electron chi connectivity index (χ0n) is 8.60. The van der Waals surface area contributed by atoms with Gasteiger partial charge in [-0.05, 0) is 30.7 Å². The van der Waals surface area contributed by atoms with Crippen LogP contribution in [0.3, 0.4) is 0 Å². The van der Waals surface area contributed by atoms with Gasteiger partial charge in [0.2, 0.25) is 6.19 Å². The molecule has 0 aliphatic carbocycles. The van der Waals surface area contributed by atoms with Gasteiger partial charge in [-0.2, -0.15) is 10.3 Å². The monoisotopic (exact) mass is 203 g/mol. The molecule has 1 aromatic rings. The summed E-state index contributed by atoms with van der Waals surface area (Å²) in [6.07, 6.45) is 7.82. The van der Waals surface area contributed by atoms with Gasteiger partial charge in [0.1, 0.15) is 11.6 Å². The van der Waals surface area contributed by atoms with Crippen molar-refractivity contribution in [1.82, 2.24) is 5.32 Å². The van der Waals surface area contributed by atoms with Gasteiger partial charge in [0.15, 0.2) is 0 Å². The average Bonchev–Trinajstić information content (AvgIpc) is 2.75. The Hall–Kier alpha value is -2.02. The Kier molecular flexibility index (Phi) is 4.74. The van der Waals surface area contributed by atoms with E-state index in [0.29, 0.717) is 5.84 Å². The van der Waals surface area contributed by atoms with Crippen LogP contribution in [0.5, 0.6) is 0 Å². The molecule has 15 heavy (non-hydrogen) atoms. The smallest absolute Gasteiger partial charge is 0.207 e. The lowest BCUT2D eigenvalue weighted by Gasteiger charge is -2.00. The van der Waals surface area contributed by atoms with Gasteiger partial charge in [-0.3, -0.25) is 0 Å². The van der Waals surface area contributed by atoms with Crippen LogP contribution in [0, 0.1) is 11.5 Å². The molecule has 78 valence electrons. The lowest BCUT2D eigenvalue weighted by molar-refractivity contribution is 0.557. The number of nitrogens with zero attached hydrogens (tertiary/aromatic N) is 2. The van der Waals surface area contributed by atoms with Crippen LogP contribution < -0.4 is 5.32 Å². The Morgan fingerprint density at radius 3 is 3.20 bits per heavy atom. The highest BCUT2D eigenvalue weighted by Gasteiger charge is 1.93. The normalized spacial score (nSPS) is 11.6. The molecule has 0 saturated carbocycles. The minimum atomic E-state index is 0.552. The molecule has 0 amide bonds. The highest BCUT2D eigenvalue weighted by atomic mass is 16.3. The van der Waals surface area contributed by atoms with Crippen LogP contribution in [0.4, 0.5) is 0 Å². The number of rotatable bonds is 4. The zero-order chi connectivity index (χ0) is 10.9. The number of aliphatic imine (C=N–C) groups is 1. The van der Waals surface area contributed by atoms with E-state index in [2.05, 4.69) is 10.3 Å². The second-order valence-electron chi connectivity index (χ2n) is 2.87. The van der Waals surface area contributed by atoms with Gasteiger partial charge < -0.3 is 9.73 Å². The molecule has 1 N–H and O–H groups in total. The zero-order valence-corrected chi connectivity index (χ0v) is 8.60. The largest absolute Gasteiger partial charge is 0.465 e. The number of hydrogen-bond donors (Lipinski definition) is 1. The molecular weight excluding hydrogens is 190 g/mol. The van der Waals surface area contributed by atoms with Crippen molar-refractivity contribution in [3.63, 3.8) is 0 Å². The van der Waals surface area contributed by atoms with Crippen molar-refractivity contribution in [2.24, 2.45) is 4.99 Å². The summed E-state index contributed by atoms with van der Waals surface area (Å²) in [7, 11) is 0. The summed E-state index contributed by atoms with van der Waals surface area (Å²) in [6, 6.07) is 3.64. The molecule has 0 aliphatic rings. The average molecular weight is 203 g/mol. The Balaban J connectivity index is 2.59. The van der Waals surface area contributed by atoms with E-state index in [1.54, 1.807) is 30.7 Å². The molecule has 1 heterocycles. The molecule has 0 radical (unpaired) electrons. The maximum absolute atomic E-state index is 8.46. The molecule has 0 saturated heterocycles. The summed E-state index contributed by atoms with van der Waals surface area (Å²) in [5.41, 5.74) is 0. The fourth-order valence-corrected chi connectivity index (χ4v) is 0.990. The SMILES string of the molecule is CCCNC(/C=C/c1ccco1)=N/C#N. The maximum atomic E-state index is 8.46. The summed E-state index contributed by atoms with van der Waals surface area (Å²) in [5, 5.41) is 11.5. The van der Waals surface area contributed by atoms with Gasteiger partial charge in [0.05, 0.1) is 6.26 Å². The van der Waals surface area contributed by atoms with Crippen molar-refractivity contribution in [3.05, 3.63) is 30.2 Å². The van der Waals surface area contributed by atoms with Crippen molar-refractivity contribution in [3.8, 4) is 6.19 Å². The van der Waals surface area contributed by atoms with Gasteiger partial charge >= 0.3 is 0 Å². The van der Waals surface area contributed by atoms with Gasteiger partial charge in [-0.1, -0.05) is 6.92 Å². The van der Waals surface area contributed by atoms with Crippen molar-refractivity contribution in [2.75, 3.05) is 6.54 Å². The molecule has 0 bridgehead atoms. The third kappa shape index (κ3) is 4.14. The summed E-state index contributed by atoms with van der Waals surface area (Å²) in [5.74, 6) is 1.29. The Morgan fingerprint density at radius 2 is 2.60 bits per heavy atom. The minimum absolute atomic E-state index is 0.552. The van der Waals surface area contributed by atoms with E-state index < -0.39 is 0 Å². The topological polar surface area (TPSA) is 61.3 Å². The van der Waals surface area contributed by atoms with E-state index in [0.717, 1.165) is 18.7 Å². The third-order valence-electron chi connectivity index (χ3n) is 1.68. The summed E-state index contributed by atoms with van der Waals surface area (Å²) < 4.78 is 5.11. The first-order valence-corrected chi connectivity index (χ1v) is 4.79. The van der Waals surface area contributed by atoms with Gasteiger partial charge in [0.25, 0.3) is 0 Å². The van der Waals surface area contributed by atoms with Crippen LogP contribution in [-0.4, -0.2) is 12.4 Å². The highest BCUT2D eigenvalue weighted by molar-refractivity contribution is 5.96. The molecule has 0 fully saturated rings. The fraction of sp³-hybridized carbons (Fsp3) is 0.273. The lowest BCUT2D eigenvalue weighted by Crippen LogP contribution is -2.21. The molecule has 1 rings (SSSR count). The van der Waals surface area contributed by atoms with Crippen molar-refractivity contribution < 1.29 is 4.42 Å². The van der Waals surface area contributed by atoms with Crippen LogP contribution in [0.15, 0.2) is 33.9 Å². The van der Waals surface area contributed by atoms with Gasteiger partial charge in [-0.25, -0.2) is 0 Å². The minimum Gasteiger partial charge on any atom is -0.465 e. The fourth-order valence-electron chi connectivity index (χ4n) is 0.990. The number of nitrogens with one attached hydrogen (secondary N) is 1. The first kappa shape index (κ1) is 11.1. The molecule has 0 aliphatic heterocycles. The molecule has 0 atom stereocenters. The van der Waals surface area contributed by atoms with Crippen molar-refractivity contribution >= 4 is 11.9 Å². The first-order valence-electron chi connectivity index (χ1n) is 4.79. The summed E-state index contributed by atoms with van der Waals surface area (Å²) >= 11 is 0. The highest BCUT2D eigenvalue weighted by Crippen LogP contribution is 2.01. The van der Waals surface area contributed by atoms with E-state index in [-0.39, 0.29) is 0 Å². The summed E-state index contributed by atoms with van der Waals surface area (Å²) in [4.78, 5) is 3.64. The van der Waals surface area contributed by atoms with E-state index in [1.165, 1.54) is 0 Å². The number of hydrogen-bond acceptors (Lipinski definition) is 3. The van der Waals surface area contributed by atoms with Crippen LogP contribution in [0.2, 0.25) is 0 Å². The van der Waals surface area contributed by atoms with Crippen LogP contribution >= 0.6 is 0 Å². The van der Waals surface area contributed by atoms with E-state index >= 15 is 0 Å². The van der Waals surface area contributed by atoms with E-state index in [4.69, 9.17) is 9.68 Å². The number of nitriles is 1. The van der Waals surface area contributed by atoms with Crippen LogP contribution in [-0.2, 0) is 0 Å². The van der Waals surface area contributed by atoms with Gasteiger partial charge in [-0.15, -0.1) is 0 Å². The third-order valence-corrected chi connectivity index (χ3v) is 1.68. The van der Waals surface area contributed by atoms with Crippen molar-refractivity contribution in [2.45, 2.75) is 13.3 Å². The molecule has 4 nitrogen and oxygen atoms in total. The molecule has 0 aromatic carbocycles. The lowest BCUT2D eigenvalue weighted by atomic mass is 10.3. The van der Waals surface area contributed by atoms with Gasteiger partial charge in [0, 0.05) is 6.54 Å². The Labute approximate surface area is 88.9 Å². The molecule has 1 aromatic heterocycles. The molecule has 0 spiro atoms. The number of furan rings is 1. The van der Waals surface area contributed by atoms with Crippen LogP contribution in [0.1, 0.15) is 19.1 Å². The molecular formula is C11H13N3O. The Bertz CT molecular complexity index is 371. The first-order chi connectivity index (χ1) is 7.36. The predicted octanol–water partition coefficient (Wildman–Crippen LogP) is 2.17.